The first-order chi connectivity index (χ1) is 12.2. The number of guanidine groups is 1. The maximum atomic E-state index is 13.7. The molecule has 0 bridgehead atoms. The van der Waals surface area contributed by atoms with Crippen molar-refractivity contribution in [3.05, 3.63) is 53.3 Å². The van der Waals surface area contributed by atoms with Gasteiger partial charge in [0.1, 0.15) is 5.82 Å². The Balaban J connectivity index is 0.00000243. The Labute approximate surface area is 167 Å². The first-order valence-electron chi connectivity index (χ1n) is 7.81. The number of fused-ring (bicyclic) bond motifs is 1. The van der Waals surface area contributed by atoms with Gasteiger partial charge in [0, 0.05) is 23.7 Å². The summed E-state index contributed by atoms with van der Waals surface area (Å²) < 4.78 is 24.9. The molecule has 0 amide bonds. The first kappa shape index (κ1) is 19.8. The molecule has 0 atom stereocenters. The van der Waals surface area contributed by atoms with Crippen molar-refractivity contribution in [1.82, 2.24) is 0 Å². The number of benzene rings is 2. The number of halogens is 2. The summed E-state index contributed by atoms with van der Waals surface area (Å²) in [5.41, 5.74) is 7.24. The van der Waals surface area contributed by atoms with Crippen molar-refractivity contribution in [2.45, 2.75) is 13.0 Å². The van der Waals surface area contributed by atoms with Crippen molar-refractivity contribution in [2.24, 2.45) is 10.7 Å². The first-order valence-corrected chi connectivity index (χ1v) is 7.81. The number of aliphatic imine (C=N–C) groups is 1. The zero-order valence-electron chi connectivity index (χ0n) is 13.9. The summed E-state index contributed by atoms with van der Waals surface area (Å²) in [6.07, 6.45) is 0.828. The highest BCUT2D eigenvalue weighted by Gasteiger charge is 2.11. The van der Waals surface area contributed by atoms with Gasteiger partial charge in [0.15, 0.2) is 17.5 Å². The van der Waals surface area contributed by atoms with Gasteiger partial charge in [-0.15, -0.1) is 24.0 Å². The van der Waals surface area contributed by atoms with Crippen LogP contribution in [0.5, 0.6) is 11.5 Å². The van der Waals surface area contributed by atoms with Gasteiger partial charge in [-0.05, 0) is 30.3 Å². The van der Waals surface area contributed by atoms with Crippen molar-refractivity contribution < 1.29 is 13.9 Å². The van der Waals surface area contributed by atoms with E-state index in [1.165, 1.54) is 18.2 Å². The number of hydrogen-bond donors (Lipinski definition) is 2. The zero-order chi connectivity index (χ0) is 17.6. The summed E-state index contributed by atoms with van der Waals surface area (Å²) in [4.78, 5) is 4.12. The Hall–Kier alpha value is -2.54. The van der Waals surface area contributed by atoms with Gasteiger partial charge in [0.25, 0.3) is 0 Å². The molecule has 6 nitrogen and oxygen atoms in total. The number of nitrogens with two attached hydrogens (primary N) is 1. The van der Waals surface area contributed by atoms with Crippen LogP contribution in [0.25, 0.3) is 0 Å². The molecular formula is C18H18FIN4O2. The van der Waals surface area contributed by atoms with Crippen LogP contribution in [0.15, 0.2) is 41.4 Å². The Kier molecular flexibility index (Phi) is 7.03. The van der Waals surface area contributed by atoms with Gasteiger partial charge in [-0.2, -0.15) is 5.26 Å². The number of ether oxygens (including phenoxy) is 2. The summed E-state index contributed by atoms with van der Waals surface area (Å²) in [6.45, 7) is 1.25. The summed E-state index contributed by atoms with van der Waals surface area (Å²) in [7, 11) is 0. The second-order valence-electron chi connectivity index (χ2n) is 5.46. The van der Waals surface area contributed by atoms with Gasteiger partial charge >= 0.3 is 0 Å². The molecule has 1 aliphatic rings. The fourth-order valence-corrected chi connectivity index (χ4v) is 2.36. The van der Waals surface area contributed by atoms with Crippen LogP contribution in [0.4, 0.5) is 10.1 Å². The third kappa shape index (κ3) is 4.98. The molecule has 8 heteroatoms. The zero-order valence-corrected chi connectivity index (χ0v) is 16.2. The maximum absolute atomic E-state index is 13.7. The largest absolute Gasteiger partial charge is 0.490 e. The van der Waals surface area contributed by atoms with Crippen LogP contribution in [0.2, 0.25) is 0 Å². The van der Waals surface area contributed by atoms with E-state index in [0.29, 0.717) is 41.5 Å². The third-order valence-electron chi connectivity index (χ3n) is 3.61. The summed E-state index contributed by atoms with van der Waals surface area (Å²) in [6, 6.07) is 11.5. The molecule has 0 aliphatic carbocycles. The van der Waals surface area contributed by atoms with E-state index in [-0.39, 0.29) is 36.5 Å². The van der Waals surface area contributed by atoms with Crippen molar-refractivity contribution in [1.29, 1.82) is 5.26 Å². The fraction of sp³-hybridized carbons (Fsp3) is 0.222. The van der Waals surface area contributed by atoms with Crippen molar-refractivity contribution >= 4 is 35.6 Å². The molecule has 2 aromatic rings. The number of nitriles is 1. The molecule has 2 aromatic carbocycles. The second kappa shape index (κ2) is 9.24. The maximum Gasteiger partial charge on any atom is 0.193 e. The highest BCUT2D eigenvalue weighted by Crippen LogP contribution is 2.32. The van der Waals surface area contributed by atoms with E-state index < -0.39 is 5.82 Å². The van der Waals surface area contributed by atoms with E-state index in [1.807, 2.05) is 6.07 Å². The Morgan fingerprint density at radius 2 is 1.96 bits per heavy atom. The lowest BCUT2D eigenvalue weighted by atomic mass is 10.1. The third-order valence-corrected chi connectivity index (χ3v) is 3.61. The SMILES string of the molecule is I.N#Cc1ccc(F)c(CN=C(N)Nc2ccc3c(c2)OCCCO3)c1. The minimum atomic E-state index is -0.425. The minimum Gasteiger partial charge on any atom is -0.490 e. The molecule has 0 saturated carbocycles. The van der Waals surface area contributed by atoms with E-state index in [4.69, 9.17) is 20.5 Å². The molecular weight excluding hydrogens is 450 g/mol. The molecule has 0 fully saturated rings. The predicted molar refractivity (Wildman–Crippen MR) is 108 cm³/mol. The number of hydrogen-bond acceptors (Lipinski definition) is 4. The van der Waals surface area contributed by atoms with Crippen LogP contribution in [0, 0.1) is 17.1 Å². The Morgan fingerprint density at radius 3 is 2.73 bits per heavy atom. The molecule has 1 aliphatic heterocycles. The van der Waals surface area contributed by atoms with Gasteiger partial charge in [-0.1, -0.05) is 0 Å². The van der Waals surface area contributed by atoms with E-state index in [1.54, 1.807) is 18.2 Å². The average molecular weight is 468 g/mol. The predicted octanol–water partition coefficient (Wildman–Crippen LogP) is 3.40. The monoisotopic (exact) mass is 468 g/mol. The number of nitrogens with zero attached hydrogens (tertiary/aromatic N) is 2. The van der Waals surface area contributed by atoms with E-state index in [9.17, 15) is 4.39 Å². The van der Waals surface area contributed by atoms with Crippen molar-refractivity contribution in [3.8, 4) is 17.6 Å². The van der Waals surface area contributed by atoms with Gasteiger partial charge in [0.2, 0.25) is 0 Å². The normalized spacial score (nSPS) is 13.2. The number of anilines is 1. The fourth-order valence-electron chi connectivity index (χ4n) is 2.36. The highest BCUT2D eigenvalue weighted by molar-refractivity contribution is 14.0. The van der Waals surface area contributed by atoms with Crippen LogP contribution in [0.1, 0.15) is 17.5 Å². The minimum absolute atomic E-state index is 0. The molecule has 136 valence electrons. The molecule has 3 N–H and O–H groups in total. The standard InChI is InChI=1S/C18H17FN4O2.HI/c19-15-4-2-12(10-20)8-13(15)11-22-18(21)23-14-3-5-16-17(9-14)25-7-1-6-24-16;/h2-5,8-9H,1,6-7,11H2,(H3,21,22,23);1H. The summed E-state index contributed by atoms with van der Waals surface area (Å²) >= 11 is 0. The number of rotatable bonds is 3. The molecule has 1 heterocycles. The molecule has 26 heavy (non-hydrogen) atoms. The van der Waals surface area contributed by atoms with Crippen LogP contribution in [-0.2, 0) is 6.54 Å². The van der Waals surface area contributed by atoms with E-state index in [2.05, 4.69) is 10.3 Å². The Morgan fingerprint density at radius 1 is 1.19 bits per heavy atom. The number of nitrogens with one attached hydrogen (secondary N) is 1. The van der Waals surface area contributed by atoms with Gasteiger partial charge in [0.05, 0.1) is 31.4 Å². The average Bonchev–Trinajstić information content (AvgIpc) is 2.86. The van der Waals surface area contributed by atoms with Crippen molar-refractivity contribution in [2.75, 3.05) is 18.5 Å². The van der Waals surface area contributed by atoms with E-state index >= 15 is 0 Å². The lowest BCUT2D eigenvalue weighted by Crippen LogP contribution is -2.22. The molecule has 3 rings (SSSR count). The molecule has 0 radical (unpaired) electrons. The van der Waals surface area contributed by atoms with Crippen LogP contribution >= 0.6 is 24.0 Å². The quantitative estimate of drug-likeness (QED) is 0.409. The lowest BCUT2D eigenvalue weighted by Gasteiger charge is -2.11. The summed E-state index contributed by atoms with van der Waals surface area (Å²) in [5, 5.41) is 11.8. The van der Waals surface area contributed by atoms with Crippen LogP contribution in [-0.4, -0.2) is 19.2 Å². The second-order valence-corrected chi connectivity index (χ2v) is 5.46. The summed E-state index contributed by atoms with van der Waals surface area (Å²) in [5.74, 6) is 1.04. The van der Waals surface area contributed by atoms with Crippen LogP contribution < -0.4 is 20.5 Å². The highest BCUT2D eigenvalue weighted by atomic mass is 127. The topological polar surface area (TPSA) is 92.7 Å². The van der Waals surface area contributed by atoms with Gasteiger partial charge < -0.3 is 20.5 Å². The molecule has 0 aromatic heterocycles. The molecule has 0 spiro atoms. The van der Waals surface area contributed by atoms with Gasteiger partial charge in [-0.25, -0.2) is 9.38 Å². The Bertz CT molecular complexity index is 852. The smallest absolute Gasteiger partial charge is 0.193 e. The van der Waals surface area contributed by atoms with E-state index in [0.717, 1.165) is 6.42 Å². The van der Waals surface area contributed by atoms with Gasteiger partial charge in [-0.3, -0.25) is 0 Å². The van der Waals surface area contributed by atoms with Crippen LogP contribution in [0.3, 0.4) is 0 Å². The molecule has 0 saturated heterocycles. The lowest BCUT2D eigenvalue weighted by molar-refractivity contribution is 0.297. The van der Waals surface area contributed by atoms with Crippen molar-refractivity contribution in [3.63, 3.8) is 0 Å². The molecule has 0 unspecified atom stereocenters.